The van der Waals surface area contributed by atoms with E-state index in [1.54, 1.807) is 0 Å². The number of benzene rings is 2. The Labute approximate surface area is 208 Å². The molecule has 28 heavy (non-hydrogen) atoms. The van der Waals surface area contributed by atoms with Crippen molar-refractivity contribution in [2.24, 2.45) is 0 Å². The molecule has 0 saturated heterocycles. The number of carbonyl (C=O) groups excluding carboxylic acids is 4. The van der Waals surface area contributed by atoms with E-state index in [0.29, 0.717) is 0 Å². The first-order valence-corrected chi connectivity index (χ1v) is 6.29. The van der Waals surface area contributed by atoms with Crippen LogP contribution >= 0.6 is 0 Å². The van der Waals surface area contributed by atoms with Crippen LogP contribution in [0.1, 0.15) is 41.4 Å². The Hall–Kier alpha value is -1.29. The summed E-state index contributed by atoms with van der Waals surface area (Å²) in [5.41, 5.74) is -1.45. The first kappa shape index (κ1) is 34.2. The van der Waals surface area contributed by atoms with Gasteiger partial charge in [0.15, 0.2) is 0 Å². The van der Waals surface area contributed by atoms with Gasteiger partial charge in [-0.05, 0) is 0 Å². The van der Waals surface area contributed by atoms with Crippen molar-refractivity contribution in [2.45, 2.75) is 0 Å². The van der Waals surface area contributed by atoms with Gasteiger partial charge in [-0.25, -0.2) is 0 Å². The topological polar surface area (TPSA) is 161 Å². The van der Waals surface area contributed by atoms with Crippen molar-refractivity contribution in [3.63, 3.8) is 0 Å². The molecule has 124 valence electrons. The number of rotatable bonds is 4. The van der Waals surface area contributed by atoms with Crippen LogP contribution < -0.4 is 95.9 Å². The Morgan fingerprint density at radius 1 is 0.429 bits per heavy atom. The Bertz CT molecular complexity index is 677. The first-order chi connectivity index (χ1) is 11.3. The fraction of sp³-hybridized carbons (Fsp3) is 0. The van der Waals surface area contributed by atoms with Crippen molar-refractivity contribution < 1.29 is 115 Å². The van der Waals surface area contributed by atoms with Gasteiger partial charge < -0.3 is 39.6 Å². The van der Waals surface area contributed by atoms with Crippen LogP contribution in [0.5, 0.6) is 0 Å². The van der Waals surface area contributed by atoms with Gasteiger partial charge in [-0.3, -0.25) is 0 Å². The van der Waals surface area contributed by atoms with E-state index < -0.39 is 23.9 Å². The molecule has 0 aromatic heterocycles. The summed E-state index contributed by atoms with van der Waals surface area (Å²) in [4.78, 5) is 41.3. The van der Waals surface area contributed by atoms with Crippen molar-refractivity contribution in [2.75, 3.05) is 0 Å². The van der Waals surface area contributed by atoms with Crippen LogP contribution in [0.25, 0.3) is 0 Å². The monoisotopic (exact) mass is 356 g/mol. The molecule has 0 heterocycles. The van der Waals surface area contributed by atoms with Crippen LogP contribution in [0.3, 0.4) is 0 Å². The van der Waals surface area contributed by atoms with Gasteiger partial charge in [0.05, 0.1) is 23.9 Å². The molecular formula is C16H8Li4O8. The van der Waals surface area contributed by atoms with Gasteiger partial charge in [-0.2, -0.15) is 0 Å². The third-order valence-corrected chi connectivity index (χ3v) is 2.73. The predicted octanol–water partition coefficient (Wildman–Crippen LogP) is -15.2. The van der Waals surface area contributed by atoms with Crippen molar-refractivity contribution in [1.29, 1.82) is 0 Å². The van der Waals surface area contributed by atoms with Crippen LogP contribution in [-0.4, -0.2) is 23.9 Å². The first-order valence-electron chi connectivity index (χ1n) is 6.29. The number of carbonyl (C=O) groups is 4. The van der Waals surface area contributed by atoms with E-state index in [-0.39, 0.29) is 97.7 Å². The minimum Gasteiger partial charge on any atom is -0.545 e. The van der Waals surface area contributed by atoms with Gasteiger partial charge in [-0.15, -0.1) is 0 Å². The molecule has 12 heteroatoms. The van der Waals surface area contributed by atoms with Gasteiger partial charge in [0.1, 0.15) is 0 Å². The van der Waals surface area contributed by atoms with Gasteiger partial charge in [0.25, 0.3) is 0 Å². The maximum atomic E-state index is 10.3. The van der Waals surface area contributed by atoms with Gasteiger partial charge in [-0.1, -0.05) is 48.5 Å². The number of hydrogen-bond donors (Lipinski definition) is 0. The van der Waals surface area contributed by atoms with Gasteiger partial charge in [0.2, 0.25) is 0 Å². The maximum Gasteiger partial charge on any atom is 1.00 e. The van der Waals surface area contributed by atoms with E-state index >= 15 is 0 Å². The third kappa shape index (κ3) is 10.3. The van der Waals surface area contributed by atoms with E-state index in [9.17, 15) is 39.6 Å². The minimum absolute atomic E-state index is 0. The van der Waals surface area contributed by atoms with Crippen molar-refractivity contribution >= 4 is 23.9 Å². The Kier molecular flexibility index (Phi) is 20.3. The zero-order valence-corrected chi connectivity index (χ0v) is 15.9. The summed E-state index contributed by atoms with van der Waals surface area (Å²) in [6.45, 7) is 0. The molecule has 2 aromatic carbocycles. The maximum absolute atomic E-state index is 10.3. The third-order valence-electron chi connectivity index (χ3n) is 2.73. The van der Waals surface area contributed by atoms with E-state index in [4.69, 9.17) is 0 Å². The Morgan fingerprint density at radius 3 is 0.679 bits per heavy atom. The second-order valence-corrected chi connectivity index (χ2v) is 4.24. The minimum atomic E-state index is -1.52. The molecule has 0 saturated carbocycles. The van der Waals surface area contributed by atoms with Gasteiger partial charge in [0, 0.05) is 22.3 Å². The second-order valence-electron chi connectivity index (χ2n) is 4.24. The number of carboxylic acids is 4. The summed E-state index contributed by atoms with van der Waals surface area (Å²) in [5.74, 6) is -6.07. The summed E-state index contributed by atoms with van der Waals surface area (Å²) in [5, 5.41) is 41.3. The average molecular weight is 356 g/mol. The molecule has 0 bridgehead atoms. The van der Waals surface area contributed by atoms with Crippen LogP contribution in [0.4, 0.5) is 0 Å². The standard InChI is InChI=1S/2C8H6O4.4Li/c2*9-7(10)5-3-1-2-4-6(5)8(11)12;;;;/h2*1-4H,(H,9,10)(H,11,12);;;;/q;;4*+1/p-4. The number of carboxylic acid groups (broad SMARTS) is 4. The smallest absolute Gasteiger partial charge is 0.545 e. The van der Waals surface area contributed by atoms with Crippen molar-refractivity contribution in [1.82, 2.24) is 0 Å². The van der Waals surface area contributed by atoms with Crippen LogP contribution in [0.2, 0.25) is 0 Å². The largest absolute Gasteiger partial charge is 1.00 e. The van der Waals surface area contributed by atoms with E-state index in [1.807, 2.05) is 0 Å². The number of aromatic carboxylic acids is 4. The zero-order chi connectivity index (χ0) is 18.3. The molecular weight excluding hydrogens is 348 g/mol. The average Bonchev–Trinajstić information content (AvgIpc) is 2.55. The summed E-state index contributed by atoms with van der Waals surface area (Å²) >= 11 is 0. The second kappa shape index (κ2) is 16.6. The summed E-state index contributed by atoms with van der Waals surface area (Å²) in [7, 11) is 0. The summed E-state index contributed by atoms with van der Waals surface area (Å²) < 4.78 is 0. The molecule has 2 aromatic rings. The van der Waals surface area contributed by atoms with Crippen LogP contribution in [0.15, 0.2) is 48.5 Å². The Morgan fingerprint density at radius 2 is 0.571 bits per heavy atom. The molecule has 0 radical (unpaired) electrons. The molecule has 8 nitrogen and oxygen atoms in total. The molecule has 0 aliphatic carbocycles. The number of hydrogen-bond acceptors (Lipinski definition) is 8. The molecule has 0 atom stereocenters. The Balaban J connectivity index is -0.000000180. The fourth-order valence-electron chi connectivity index (χ4n) is 1.68. The fourth-order valence-corrected chi connectivity index (χ4v) is 1.68. The zero-order valence-electron chi connectivity index (χ0n) is 15.9. The normalized spacial score (nSPS) is 8.00. The quantitative estimate of drug-likeness (QED) is 0.488. The van der Waals surface area contributed by atoms with Crippen LogP contribution in [-0.2, 0) is 0 Å². The van der Waals surface area contributed by atoms with Crippen molar-refractivity contribution in [3.05, 3.63) is 70.8 Å². The predicted molar refractivity (Wildman–Crippen MR) is 70.2 cm³/mol. The SMILES string of the molecule is O=C([O-])c1ccccc1C(=O)[O-].O=C([O-])c1ccccc1C(=O)[O-].[Li+].[Li+].[Li+].[Li+]. The summed E-state index contributed by atoms with van der Waals surface area (Å²) in [6.07, 6.45) is 0. The molecule has 2 rings (SSSR count). The molecule has 0 fully saturated rings. The van der Waals surface area contributed by atoms with Crippen LogP contribution in [0, 0.1) is 0 Å². The van der Waals surface area contributed by atoms with E-state index in [2.05, 4.69) is 0 Å². The molecule has 0 unspecified atom stereocenters. The molecule has 0 amide bonds. The van der Waals surface area contributed by atoms with Gasteiger partial charge >= 0.3 is 75.4 Å². The summed E-state index contributed by atoms with van der Waals surface area (Å²) in [6, 6.07) is 10.3. The molecule has 0 aliphatic heterocycles. The molecule has 0 spiro atoms. The molecule has 0 N–H and O–H groups in total. The van der Waals surface area contributed by atoms with Crippen molar-refractivity contribution in [3.8, 4) is 0 Å². The van der Waals surface area contributed by atoms with E-state index in [0.717, 1.165) is 24.3 Å². The van der Waals surface area contributed by atoms with E-state index in [1.165, 1.54) is 24.3 Å². The molecule has 0 aliphatic rings.